The zero-order chi connectivity index (χ0) is 17.3. The molecule has 1 saturated carbocycles. The van der Waals surface area contributed by atoms with Crippen LogP contribution in [0.3, 0.4) is 0 Å². The minimum Gasteiger partial charge on any atom is -0.371 e. The van der Waals surface area contributed by atoms with Crippen LogP contribution in [0.15, 0.2) is 42.7 Å². The van der Waals surface area contributed by atoms with Crippen LogP contribution in [0.5, 0.6) is 0 Å². The van der Waals surface area contributed by atoms with Crippen molar-refractivity contribution in [3.8, 4) is 5.69 Å². The average Bonchev–Trinajstić information content (AvgIpc) is 3.19. The van der Waals surface area contributed by atoms with Gasteiger partial charge in [-0.15, -0.1) is 0 Å². The standard InChI is InChI=1S/C20H29N5/c21-19-6-1-2-11-20(19,22)16-5-3-13-24(15-16)17-7-9-18(10-8-17)25-14-4-12-23-25/h4,7-10,12,14,16,19H,1-3,5-6,11,13,15,21-22H2/t16-,19?,20?/m0/s1. The van der Waals surface area contributed by atoms with Crippen molar-refractivity contribution in [2.45, 2.75) is 50.1 Å². The molecule has 1 aliphatic heterocycles. The Bertz CT molecular complexity index is 681. The van der Waals surface area contributed by atoms with Gasteiger partial charge in [-0.2, -0.15) is 5.10 Å². The fraction of sp³-hybridized carbons (Fsp3) is 0.550. The molecule has 2 aliphatic rings. The van der Waals surface area contributed by atoms with Crippen molar-refractivity contribution in [2.24, 2.45) is 17.4 Å². The molecule has 1 aromatic heterocycles. The molecule has 0 bridgehead atoms. The van der Waals surface area contributed by atoms with Crippen LogP contribution in [0.2, 0.25) is 0 Å². The zero-order valence-corrected chi connectivity index (χ0v) is 14.8. The van der Waals surface area contributed by atoms with Crippen LogP contribution in [-0.2, 0) is 0 Å². The van der Waals surface area contributed by atoms with Gasteiger partial charge in [0.15, 0.2) is 0 Å². The highest BCUT2D eigenvalue weighted by atomic mass is 15.3. The fourth-order valence-corrected chi connectivity index (χ4v) is 4.64. The Labute approximate surface area is 150 Å². The highest BCUT2D eigenvalue weighted by Gasteiger charge is 2.43. The number of nitrogens with zero attached hydrogens (tertiary/aromatic N) is 3. The summed E-state index contributed by atoms with van der Waals surface area (Å²) in [6.07, 6.45) is 10.8. The number of hydrogen-bond acceptors (Lipinski definition) is 4. The number of anilines is 1. The maximum Gasteiger partial charge on any atom is 0.0647 e. The average molecular weight is 339 g/mol. The largest absolute Gasteiger partial charge is 0.371 e. The number of aromatic nitrogens is 2. The van der Waals surface area contributed by atoms with Crippen molar-refractivity contribution in [3.05, 3.63) is 42.7 Å². The van der Waals surface area contributed by atoms with Gasteiger partial charge < -0.3 is 16.4 Å². The molecule has 0 spiro atoms. The molecule has 5 nitrogen and oxygen atoms in total. The Kier molecular flexibility index (Phi) is 4.52. The second kappa shape index (κ2) is 6.81. The summed E-state index contributed by atoms with van der Waals surface area (Å²) in [5.74, 6) is 0.488. The smallest absolute Gasteiger partial charge is 0.0647 e. The van der Waals surface area contributed by atoms with E-state index >= 15 is 0 Å². The molecule has 2 unspecified atom stereocenters. The number of piperidine rings is 1. The van der Waals surface area contributed by atoms with E-state index in [1.807, 2.05) is 16.9 Å². The fourth-order valence-electron chi connectivity index (χ4n) is 4.64. The van der Waals surface area contributed by atoms with E-state index in [9.17, 15) is 0 Å². The van der Waals surface area contributed by atoms with E-state index in [1.54, 1.807) is 6.20 Å². The molecule has 1 saturated heterocycles. The van der Waals surface area contributed by atoms with Crippen LogP contribution in [0.4, 0.5) is 5.69 Å². The van der Waals surface area contributed by atoms with E-state index in [-0.39, 0.29) is 11.6 Å². The second-order valence-electron chi connectivity index (χ2n) is 7.72. The number of hydrogen-bond donors (Lipinski definition) is 2. The van der Waals surface area contributed by atoms with Crippen molar-refractivity contribution in [2.75, 3.05) is 18.0 Å². The Hall–Kier alpha value is -1.85. The van der Waals surface area contributed by atoms with E-state index in [2.05, 4.69) is 34.3 Å². The lowest BCUT2D eigenvalue weighted by Crippen LogP contribution is -2.64. The van der Waals surface area contributed by atoms with E-state index < -0.39 is 0 Å². The molecule has 0 radical (unpaired) electrons. The molecule has 1 aromatic carbocycles. The number of rotatable bonds is 3. The van der Waals surface area contributed by atoms with Gasteiger partial charge in [-0.1, -0.05) is 12.8 Å². The zero-order valence-electron chi connectivity index (χ0n) is 14.8. The molecular formula is C20H29N5. The maximum atomic E-state index is 6.84. The van der Waals surface area contributed by atoms with Gasteiger partial charge in [-0.05, 0) is 61.9 Å². The summed E-state index contributed by atoms with van der Waals surface area (Å²) < 4.78 is 1.89. The van der Waals surface area contributed by atoms with Crippen LogP contribution < -0.4 is 16.4 Å². The van der Waals surface area contributed by atoms with Gasteiger partial charge in [-0.3, -0.25) is 0 Å². The summed E-state index contributed by atoms with van der Waals surface area (Å²) in [6.45, 7) is 2.12. The maximum absolute atomic E-state index is 6.84. The molecule has 2 heterocycles. The summed E-state index contributed by atoms with van der Waals surface area (Å²) >= 11 is 0. The summed E-state index contributed by atoms with van der Waals surface area (Å²) in [7, 11) is 0. The molecule has 2 aromatic rings. The Balaban J connectivity index is 1.49. The third-order valence-electron chi connectivity index (χ3n) is 6.23. The topological polar surface area (TPSA) is 73.1 Å². The van der Waals surface area contributed by atoms with Crippen molar-refractivity contribution < 1.29 is 0 Å². The molecule has 5 heteroatoms. The van der Waals surface area contributed by atoms with Crippen LogP contribution in [-0.4, -0.2) is 34.5 Å². The predicted octanol–water partition coefficient (Wildman–Crippen LogP) is 2.69. The Morgan fingerprint density at radius 1 is 1.04 bits per heavy atom. The normalized spacial score (nSPS) is 30.4. The second-order valence-corrected chi connectivity index (χ2v) is 7.72. The van der Waals surface area contributed by atoms with Gasteiger partial charge in [0.05, 0.1) is 5.69 Å². The van der Waals surface area contributed by atoms with Crippen molar-refractivity contribution >= 4 is 5.69 Å². The molecular weight excluding hydrogens is 310 g/mol. The van der Waals surface area contributed by atoms with Crippen molar-refractivity contribution in [3.63, 3.8) is 0 Å². The highest BCUT2D eigenvalue weighted by Crippen LogP contribution is 2.37. The molecule has 134 valence electrons. The summed E-state index contributed by atoms with van der Waals surface area (Å²) in [5, 5.41) is 4.29. The third kappa shape index (κ3) is 3.18. The third-order valence-corrected chi connectivity index (χ3v) is 6.23. The van der Waals surface area contributed by atoms with Crippen molar-refractivity contribution in [1.29, 1.82) is 0 Å². The minimum absolute atomic E-state index is 0.147. The predicted molar refractivity (Wildman–Crippen MR) is 102 cm³/mol. The van der Waals surface area contributed by atoms with E-state index in [1.165, 1.54) is 31.4 Å². The lowest BCUT2D eigenvalue weighted by atomic mass is 9.68. The quantitative estimate of drug-likeness (QED) is 0.902. The van der Waals surface area contributed by atoms with Crippen molar-refractivity contribution in [1.82, 2.24) is 9.78 Å². The Morgan fingerprint density at radius 3 is 2.56 bits per heavy atom. The summed E-state index contributed by atoms with van der Waals surface area (Å²) in [6, 6.07) is 10.8. The molecule has 4 rings (SSSR count). The molecule has 0 amide bonds. The van der Waals surface area contributed by atoms with E-state index in [4.69, 9.17) is 11.5 Å². The lowest BCUT2D eigenvalue weighted by molar-refractivity contribution is 0.148. The van der Waals surface area contributed by atoms with Gasteiger partial charge in [-0.25, -0.2) is 4.68 Å². The molecule has 3 atom stereocenters. The molecule has 1 aliphatic carbocycles. The Morgan fingerprint density at radius 2 is 1.84 bits per heavy atom. The van der Waals surface area contributed by atoms with Crippen LogP contribution in [0.1, 0.15) is 38.5 Å². The lowest BCUT2D eigenvalue weighted by Gasteiger charge is -2.49. The van der Waals surface area contributed by atoms with Gasteiger partial charge in [0.1, 0.15) is 0 Å². The first-order valence-corrected chi connectivity index (χ1v) is 9.56. The van der Waals surface area contributed by atoms with Crippen LogP contribution in [0.25, 0.3) is 5.69 Å². The first kappa shape index (κ1) is 16.6. The van der Waals surface area contributed by atoms with Crippen LogP contribution >= 0.6 is 0 Å². The van der Waals surface area contributed by atoms with E-state index in [0.29, 0.717) is 5.92 Å². The van der Waals surface area contributed by atoms with Gasteiger partial charge >= 0.3 is 0 Å². The summed E-state index contributed by atoms with van der Waals surface area (Å²) in [4.78, 5) is 2.48. The van der Waals surface area contributed by atoms with Gasteiger partial charge in [0.25, 0.3) is 0 Å². The molecule has 2 fully saturated rings. The minimum atomic E-state index is -0.189. The monoisotopic (exact) mass is 339 g/mol. The van der Waals surface area contributed by atoms with Gasteiger partial charge in [0, 0.05) is 42.8 Å². The molecule has 4 N–H and O–H groups in total. The molecule has 25 heavy (non-hydrogen) atoms. The van der Waals surface area contributed by atoms with Crippen LogP contribution in [0, 0.1) is 5.92 Å². The van der Waals surface area contributed by atoms with Gasteiger partial charge in [0.2, 0.25) is 0 Å². The highest BCUT2D eigenvalue weighted by molar-refractivity contribution is 5.51. The summed E-state index contributed by atoms with van der Waals surface area (Å²) in [5.41, 5.74) is 15.5. The van der Waals surface area contributed by atoms with E-state index in [0.717, 1.165) is 31.6 Å². The first-order valence-electron chi connectivity index (χ1n) is 9.56. The first-order chi connectivity index (χ1) is 12.2. The SMILES string of the molecule is NC1CCCCC1(N)[C@H]1CCCN(c2ccc(-n3cccn3)cc2)C1. The number of nitrogens with two attached hydrogens (primary N) is 2. The number of benzene rings is 1.